The molecule has 0 N–H and O–H groups in total. The van der Waals surface area contributed by atoms with Crippen molar-refractivity contribution in [2.24, 2.45) is 0 Å². The lowest BCUT2D eigenvalue weighted by Crippen LogP contribution is -2.11. The Morgan fingerprint density at radius 3 is 2.28 bits per heavy atom. The number of ether oxygens (including phenoxy) is 2. The van der Waals surface area contributed by atoms with Gasteiger partial charge in [-0.2, -0.15) is 0 Å². The van der Waals surface area contributed by atoms with Gasteiger partial charge in [-0.15, -0.1) is 0 Å². The summed E-state index contributed by atoms with van der Waals surface area (Å²) < 4.78 is 10.8. The van der Waals surface area contributed by atoms with E-state index in [4.69, 9.17) is 9.47 Å². The molecule has 18 heavy (non-hydrogen) atoms. The summed E-state index contributed by atoms with van der Waals surface area (Å²) >= 11 is 0. The molecule has 0 aliphatic heterocycles. The van der Waals surface area contributed by atoms with Gasteiger partial charge in [-0.3, -0.25) is 0 Å². The van der Waals surface area contributed by atoms with Crippen LogP contribution in [0.4, 0.5) is 5.69 Å². The highest BCUT2D eigenvalue weighted by Gasteiger charge is 2.16. The Morgan fingerprint density at radius 2 is 1.83 bits per heavy atom. The summed E-state index contributed by atoms with van der Waals surface area (Å²) in [6, 6.07) is 3.89. The van der Waals surface area contributed by atoms with Gasteiger partial charge in [0.05, 0.1) is 19.9 Å². The van der Waals surface area contributed by atoms with Crippen LogP contribution in [0, 0.1) is 0 Å². The molecule has 1 aromatic carbocycles. The lowest BCUT2D eigenvalue weighted by molar-refractivity contribution is -0.108. The minimum absolute atomic E-state index is 0.113. The molecule has 0 fully saturated rings. The molecule has 0 bridgehead atoms. The number of anilines is 1. The molecule has 0 saturated carbocycles. The molecule has 0 aliphatic rings. The van der Waals surface area contributed by atoms with Crippen molar-refractivity contribution >= 4 is 12.0 Å². The molecule has 0 saturated heterocycles. The van der Waals surface area contributed by atoms with Gasteiger partial charge in [0, 0.05) is 32.1 Å². The topological polar surface area (TPSA) is 38.8 Å². The highest BCUT2D eigenvalue weighted by atomic mass is 16.5. The molecular formula is C14H21NO3. The van der Waals surface area contributed by atoms with Crippen molar-refractivity contribution in [2.45, 2.75) is 19.3 Å². The average molecular weight is 251 g/mol. The Morgan fingerprint density at radius 1 is 1.22 bits per heavy atom. The van der Waals surface area contributed by atoms with Crippen LogP contribution >= 0.6 is 0 Å². The maximum Gasteiger partial charge on any atom is 0.142 e. The molecule has 0 amide bonds. The predicted molar refractivity (Wildman–Crippen MR) is 73.0 cm³/mol. The van der Waals surface area contributed by atoms with E-state index in [0.29, 0.717) is 6.42 Å². The average Bonchev–Trinajstić information content (AvgIpc) is 2.37. The third-order valence-corrected chi connectivity index (χ3v) is 2.99. The van der Waals surface area contributed by atoms with Crippen LogP contribution in [0.15, 0.2) is 12.1 Å². The summed E-state index contributed by atoms with van der Waals surface area (Å²) in [4.78, 5) is 12.6. The van der Waals surface area contributed by atoms with Gasteiger partial charge in [-0.05, 0) is 12.0 Å². The number of nitrogens with zero attached hydrogens (tertiary/aromatic N) is 1. The third-order valence-electron chi connectivity index (χ3n) is 2.99. The number of hydrogen-bond acceptors (Lipinski definition) is 4. The van der Waals surface area contributed by atoms with E-state index in [9.17, 15) is 4.79 Å². The second-order valence-corrected chi connectivity index (χ2v) is 4.46. The SMILES string of the molecule is COc1cc(N(C)C)c(OC)cc1C(C)CC=O. The Kier molecular flexibility index (Phi) is 5.01. The van der Waals surface area contributed by atoms with Crippen molar-refractivity contribution in [1.82, 2.24) is 0 Å². The standard InChI is InChI=1S/C14H21NO3/c1-10(6-7-16)11-8-14(18-5)12(15(2)3)9-13(11)17-4/h7-10H,6H2,1-5H3. The van der Waals surface area contributed by atoms with Crippen molar-refractivity contribution in [1.29, 1.82) is 0 Å². The molecular weight excluding hydrogens is 230 g/mol. The molecule has 0 radical (unpaired) electrons. The lowest BCUT2D eigenvalue weighted by atomic mass is 9.96. The fourth-order valence-corrected chi connectivity index (χ4v) is 1.91. The van der Waals surface area contributed by atoms with Crippen molar-refractivity contribution < 1.29 is 14.3 Å². The number of carbonyl (C=O) groups is 1. The normalized spacial score (nSPS) is 11.8. The van der Waals surface area contributed by atoms with Gasteiger partial charge < -0.3 is 19.2 Å². The predicted octanol–water partition coefficient (Wildman–Crippen LogP) is 2.46. The van der Waals surface area contributed by atoms with Crippen molar-refractivity contribution in [3.05, 3.63) is 17.7 Å². The van der Waals surface area contributed by atoms with Crippen LogP contribution < -0.4 is 14.4 Å². The van der Waals surface area contributed by atoms with Crippen molar-refractivity contribution in [3.8, 4) is 11.5 Å². The zero-order valence-corrected chi connectivity index (χ0v) is 11.7. The van der Waals surface area contributed by atoms with Crippen LogP contribution in [-0.2, 0) is 4.79 Å². The second kappa shape index (κ2) is 6.28. The summed E-state index contributed by atoms with van der Waals surface area (Å²) in [5.41, 5.74) is 1.95. The maximum absolute atomic E-state index is 10.6. The summed E-state index contributed by atoms with van der Waals surface area (Å²) in [6.45, 7) is 2.00. The molecule has 0 aliphatic carbocycles. The van der Waals surface area contributed by atoms with E-state index >= 15 is 0 Å². The molecule has 4 heteroatoms. The molecule has 1 atom stereocenters. The smallest absolute Gasteiger partial charge is 0.142 e. The fraction of sp³-hybridized carbons (Fsp3) is 0.500. The highest BCUT2D eigenvalue weighted by molar-refractivity contribution is 5.64. The first-order valence-electron chi connectivity index (χ1n) is 5.92. The lowest BCUT2D eigenvalue weighted by Gasteiger charge is -2.21. The summed E-state index contributed by atoms with van der Waals surface area (Å²) in [5.74, 6) is 1.69. The molecule has 1 aromatic rings. The van der Waals surface area contributed by atoms with Gasteiger partial charge in [0.15, 0.2) is 0 Å². The zero-order valence-electron chi connectivity index (χ0n) is 11.7. The van der Waals surface area contributed by atoms with E-state index in [1.807, 2.05) is 38.1 Å². The quantitative estimate of drug-likeness (QED) is 0.728. The van der Waals surface area contributed by atoms with Crippen LogP contribution in [0.25, 0.3) is 0 Å². The Labute approximate surface area is 108 Å². The van der Waals surface area contributed by atoms with Crippen molar-refractivity contribution in [3.63, 3.8) is 0 Å². The fourth-order valence-electron chi connectivity index (χ4n) is 1.91. The maximum atomic E-state index is 10.6. The molecule has 4 nitrogen and oxygen atoms in total. The third kappa shape index (κ3) is 2.94. The van der Waals surface area contributed by atoms with Crippen LogP contribution in [0.3, 0.4) is 0 Å². The van der Waals surface area contributed by atoms with Gasteiger partial charge in [0.25, 0.3) is 0 Å². The minimum Gasteiger partial charge on any atom is -0.496 e. The number of benzene rings is 1. The largest absolute Gasteiger partial charge is 0.496 e. The van der Waals surface area contributed by atoms with Gasteiger partial charge in [0.1, 0.15) is 17.8 Å². The number of carbonyl (C=O) groups excluding carboxylic acids is 1. The molecule has 1 unspecified atom stereocenters. The van der Waals surface area contributed by atoms with E-state index < -0.39 is 0 Å². The number of aldehydes is 1. The molecule has 1 rings (SSSR count). The van der Waals surface area contributed by atoms with E-state index in [1.165, 1.54) is 0 Å². The summed E-state index contributed by atoms with van der Waals surface area (Å²) in [7, 11) is 7.18. The number of methoxy groups -OCH3 is 2. The van der Waals surface area contributed by atoms with Gasteiger partial charge >= 0.3 is 0 Å². The first kappa shape index (κ1) is 14.4. The van der Waals surface area contributed by atoms with E-state index in [2.05, 4.69) is 0 Å². The van der Waals surface area contributed by atoms with Gasteiger partial charge in [0.2, 0.25) is 0 Å². The first-order valence-corrected chi connectivity index (χ1v) is 5.92. The monoisotopic (exact) mass is 251 g/mol. The summed E-state index contributed by atoms with van der Waals surface area (Å²) in [6.07, 6.45) is 1.40. The molecule has 0 aromatic heterocycles. The number of hydrogen-bond donors (Lipinski definition) is 0. The minimum atomic E-state index is 0.113. The van der Waals surface area contributed by atoms with Crippen LogP contribution in [0.1, 0.15) is 24.8 Å². The van der Waals surface area contributed by atoms with Gasteiger partial charge in [-0.1, -0.05) is 6.92 Å². The Bertz CT molecular complexity index is 416. The van der Waals surface area contributed by atoms with E-state index in [1.54, 1.807) is 14.2 Å². The first-order chi connectivity index (χ1) is 8.54. The molecule has 0 heterocycles. The highest BCUT2D eigenvalue weighted by Crippen LogP contribution is 2.38. The van der Waals surface area contributed by atoms with Crippen LogP contribution in [-0.4, -0.2) is 34.6 Å². The van der Waals surface area contributed by atoms with E-state index in [0.717, 1.165) is 29.0 Å². The Balaban J connectivity index is 3.29. The van der Waals surface area contributed by atoms with Crippen molar-refractivity contribution in [2.75, 3.05) is 33.2 Å². The van der Waals surface area contributed by atoms with Crippen LogP contribution in [0.2, 0.25) is 0 Å². The van der Waals surface area contributed by atoms with E-state index in [-0.39, 0.29) is 5.92 Å². The van der Waals surface area contributed by atoms with Gasteiger partial charge in [-0.25, -0.2) is 0 Å². The summed E-state index contributed by atoms with van der Waals surface area (Å²) in [5, 5.41) is 0. The molecule has 100 valence electrons. The Hall–Kier alpha value is -1.71. The molecule has 0 spiro atoms. The second-order valence-electron chi connectivity index (χ2n) is 4.46. The number of rotatable bonds is 6. The zero-order chi connectivity index (χ0) is 13.7. The van der Waals surface area contributed by atoms with Crippen LogP contribution in [0.5, 0.6) is 11.5 Å².